The second-order valence-corrected chi connectivity index (χ2v) is 41.0. The summed E-state index contributed by atoms with van der Waals surface area (Å²) in [7, 11) is 0. The fourth-order valence-electron chi connectivity index (χ4n) is 9.85. The fraction of sp³-hybridized carbons (Fsp3) is 0.802. The number of hydrogen-bond donors (Lipinski definition) is 0. The molecule has 0 spiro atoms. The van der Waals surface area contributed by atoms with Gasteiger partial charge in [0, 0.05) is 18.3 Å². The maximum absolute atomic E-state index is 5.14. The zero-order valence-corrected chi connectivity index (χ0v) is 82.9. The van der Waals surface area contributed by atoms with Crippen molar-refractivity contribution in [1.29, 1.82) is 0 Å². The van der Waals surface area contributed by atoms with Crippen LogP contribution in [0.25, 0.3) is 0 Å². The third kappa shape index (κ3) is 93.5. The number of rotatable bonds is 20. The number of hydrogen-bond acceptors (Lipinski definition) is 2. The molecule has 0 aliphatic heterocycles. The maximum atomic E-state index is 5.14. The molecule has 2 aromatic carbocycles. The molecule has 0 atom stereocenters. The highest BCUT2D eigenvalue weighted by Crippen LogP contribution is 2.33. The van der Waals surface area contributed by atoms with Crippen molar-refractivity contribution in [3.8, 4) is 0 Å². The van der Waals surface area contributed by atoms with E-state index in [0.717, 1.165) is 113 Å². The molecule has 0 amide bonds. The van der Waals surface area contributed by atoms with Gasteiger partial charge in [-0.2, -0.15) is 0 Å². The van der Waals surface area contributed by atoms with Crippen molar-refractivity contribution in [2.75, 3.05) is 0 Å². The number of pyridine rings is 1. The maximum Gasteiger partial charge on any atom is 0.104 e. The van der Waals surface area contributed by atoms with E-state index in [4.69, 9.17) is 4.42 Å². The lowest BCUT2D eigenvalue weighted by Crippen LogP contribution is -2.18. The molecule has 2 saturated carbocycles. The summed E-state index contributed by atoms with van der Waals surface area (Å²) in [4.78, 5) is 4.18. The third-order valence-electron chi connectivity index (χ3n) is 21.4. The summed E-state index contributed by atoms with van der Waals surface area (Å²) in [5.74, 6) is 17.1. The van der Waals surface area contributed by atoms with Crippen LogP contribution in [0.3, 0.4) is 0 Å². The molecule has 2 aliphatic carbocycles. The van der Waals surface area contributed by atoms with Crippen molar-refractivity contribution in [2.45, 2.75) is 439 Å². The first-order valence-electron chi connectivity index (χ1n) is 45.7. The van der Waals surface area contributed by atoms with Gasteiger partial charge in [0.1, 0.15) is 5.76 Å². The molecule has 2 nitrogen and oxygen atoms in total. The topological polar surface area (TPSA) is 26.0 Å². The molecule has 4 aromatic rings. The highest BCUT2D eigenvalue weighted by molar-refractivity contribution is 5.18. The zero-order chi connectivity index (χ0) is 85.9. The normalized spacial score (nSPS) is 12.9. The Hall–Kier alpha value is -3.13. The standard InChI is InChI=1S/C10H14.C9H18.C9H12.C9H20.C8H11N.C8H12O.C8H16.2C8H18.2C7H16.C6H14.C5H12.C4H10/c1-9(2)8-10-6-4-3-5-7-10;2*1-8(2)9-6-4-3-5-7-9;1-6-7-9(4,5)8(2)3;1-7(2)8-5-3-4-6-9-8;1-7(2)6-8-4-3-5-9-8;1-7(2)8-5-3-4-6-8;1-7(2)5-6-8(3)4;1-6-8(4,5)7(2)3;1-6(2)7(3,4)5;1-6(2)5-7(3)4;1-5(2)6(3)4;1-4-5(2)3;1-4(2)3/h3-7,9H,8H2,1-2H3;8-9H,3-7H2,1-2H3;3-8H,1-2H3;8H,6-7H2,1-5H3;3-7H,1-2H3;3-5,7H,6H2,1-2H3;7-8H,3-6H2,1-2H3;7-8H,5-6H2,1-4H3;7H,6H2,1-5H3;6H,1-5H3;6-7H,5H2,1-4H3;5-6H,1-4H3;5H,4H2,1-3H3;4H,1-3H3. The fourth-order valence-corrected chi connectivity index (χ4v) is 9.85. The van der Waals surface area contributed by atoms with Gasteiger partial charge in [-0.1, -0.05) is 468 Å². The second-order valence-electron chi connectivity index (χ2n) is 41.0. The van der Waals surface area contributed by atoms with Gasteiger partial charge in [-0.3, -0.25) is 4.98 Å². The Morgan fingerprint density at radius 3 is 0.926 bits per heavy atom. The Kier molecular flexibility index (Phi) is 84.0. The lowest BCUT2D eigenvalue weighted by Gasteiger charge is -2.28. The van der Waals surface area contributed by atoms with E-state index >= 15 is 0 Å². The molecular weight excluding hydrogens is 1300 g/mol. The lowest BCUT2D eigenvalue weighted by atomic mass is 9.78. The smallest absolute Gasteiger partial charge is 0.104 e. The van der Waals surface area contributed by atoms with Gasteiger partial charge < -0.3 is 4.42 Å². The quantitative estimate of drug-likeness (QED) is 0.0881. The largest absolute Gasteiger partial charge is 0.469 e. The van der Waals surface area contributed by atoms with Gasteiger partial charge in [-0.05, 0) is 183 Å². The summed E-state index contributed by atoms with van der Waals surface area (Å²) in [5, 5.41) is 0. The SMILES string of the molecule is CC(C)C.CC(C)C(C)(C)C.CC(C)C(C)C.CC(C)C1CCCC1.CC(C)C1CCCCC1.CC(C)CC(C)C.CC(C)CCC(C)C.CC(C)Cc1ccccc1.CC(C)Cc1ccco1.CC(C)c1ccccc1.CC(C)c1ccccn1.CCC(C)(C)C(C)C.CCC(C)C.CCCC(C)(C)C(C)C. The van der Waals surface area contributed by atoms with Crippen molar-refractivity contribution in [3.63, 3.8) is 0 Å². The second kappa shape index (κ2) is 75.2. The Labute approximate surface area is 687 Å². The molecular formula is C106H207NO. The van der Waals surface area contributed by atoms with E-state index in [-0.39, 0.29) is 0 Å². The van der Waals surface area contributed by atoms with Gasteiger partial charge in [0.05, 0.1) is 6.26 Å². The first-order chi connectivity index (χ1) is 49.6. The van der Waals surface area contributed by atoms with Gasteiger partial charge in [0.2, 0.25) is 0 Å². The third-order valence-corrected chi connectivity index (χ3v) is 21.4. The Balaban J connectivity index is -0.000000167. The van der Waals surface area contributed by atoms with Crippen LogP contribution in [-0.4, -0.2) is 4.98 Å². The molecule has 2 aromatic heterocycles. The molecule has 2 fully saturated rings. The van der Waals surface area contributed by atoms with E-state index in [1.807, 2.05) is 42.6 Å². The van der Waals surface area contributed by atoms with E-state index in [9.17, 15) is 0 Å². The molecule has 0 N–H and O–H groups in total. The Bertz CT molecular complexity index is 2210. The average Bonchev–Trinajstić information content (AvgIpc) is 1.50. The molecule has 0 saturated heterocycles. The number of aromatic nitrogens is 1. The lowest BCUT2D eigenvalue weighted by molar-refractivity contribution is 0.227. The summed E-state index contributed by atoms with van der Waals surface area (Å²) < 4.78 is 5.14. The van der Waals surface area contributed by atoms with Gasteiger partial charge in [-0.25, -0.2) is 0 Å². The monoisotopic (exact) mass is 1510 g/mol. The van der Waals surface area contributed by atoms with Crippen molar-refractivity contribution in [1.82, 2.24) is 4.98 Å². The Morgan fingerprint density at radius 1 is 0.380 bits per heavy atom. The molecule has 108 heavy (non-hydrogen) atoms. The highest BCUT2D eigenvalue weighted by atomic mass is 16.3. The summed E-state index contributed by atoms with van der Waals surface area (Å²) in [6, 6.07) is 31.1. The van der Waals surface area contributed by atoms with E-state index in [1.54, 1.807) is 6.26 Å². The van der Waals surface area contributed by atoms with Gasteiger partial charge in [-0.15, -0.1) is 0 Å². The minimum Gasteiger partial charge on any atom is -0.469 e. The van der Waals surface area contributed by atoms with Crippen LogP contribution in [0.1, 0.15) is 449 Å². The summed E-state index contributed by atoms with van der Waals surface area (Å²) >= 11 is 0. The van der Waals surface area contributed by atoms with Crippen LogP contribution in [0.2, 0.25) is 0 Å². The average molecular weight is 1510 g/mol. The van der Waals surface area contributed by atoms with E-state index in [0.29, 0.717) is 34.0 Å². The van der Waals surface area contributed by atoms with Crippen LogP contribution < -0.4 is 0 Å². The van der Waals surface area contributed by atoms with E-state index in [1.165, 1.54) is 120 Å². The zero-order valence-electron chi connectivity index (χ0n) is 82.9. The van der Waals surface area contributed by atoms with Gasteiger partial charge >= 0.3 is 0 Å². The molecule has 0 unspecified atom stereocenters. The van der Waals surface area contributed by atoms with Gasteiger partial charge in [0.25, 0.3) is 0 Å². The molecule has 0 radical (unpaired) electrons. The molecule has 2 heterocycles. The molecule has 642 valence electrons. The van der Waals surface area contributed by atoms with E-state index < -0.39 is 0 Å². The summed E-state index contributed by atoms with van der Waals surface area (Å²) in [6.45, 7) is 102. The number of nitrogens with zero attached hydrogens (tertiary/aromatic N) is 1. The van der Waals surface area contributed by atoms with Crippen LogP contribution in [0.15, 0.2) is 108 Å². The number of benzene rings is 2. The molecule has 0 bridgehead atoms. The van der Waals surface area contributed by atoms with Gasteiger partial charge in [0.15, 0.2) is 0 Å². The predicted molar refractivity (Wildman–Crippen MR) is 505 cm³/mol. The van der Waals surface area contributed by atoms with Crippen molar-refractivity contribution in [2.24, 2.45) is 117 Å². The summed E-state index contributed by atoms with van der Waals surface area (Å²) in [6.07, 6.45) is 28.6. The molecule has 6 rings (SSSR count). The minimum atomic E-state index is 0.500. The van der Waals surface area contributed by atoms with Crippen molar-refractivity contribution < 1.29 is 4.42 Å². The predicted octanol–water partition coefficient (Wildman–Crippen LogP) is 37.4. The van der Waals surface area contributed by atoms with Crippen LogP contribution in [0.5, 0.6) is 0 Å². The summed E-state index contributed by atoms with van der Waals surface area (Å²) in [5.41, 5.74) is 5.61. The Morgan fingerprint density at radius 2 is 0.741 bits per heavy atom. The van der Waals surface area contributed by atoms with Crippen LogP contribution in [-0.2, 0) is 12.8 Å². The first-order valence-corrected chi connectivity index (χ1v) is 45.7. The van der Waals surface area contributed by atoms with E-state index in [2.05, 4.69) is 371 Å². The van der Waals surface area contributed by atoms with Crippen molar-refractivity contribution in [3.05, 3.63) is 126 Å². The molecule has 2 aliphatic rings. The van der Waals surface area contributed by atoms with Crippen molar-refractivity contribution >= 4 is 0 Å². The van der Waals surface area contributed by atoms with Crippen LogP contribution in [0.4, 0.5) is 0 Å². The minimum absolute atomic E-state index is 0.500. The van der Waals surface area contributed by atoms with Crippen LogP contribution >= 0.6 is 0 Å². The molecule has 2 heteroatoms. The number of furan rings is 1. The first kappa shape index (κ1) is 121. The van der Waals surface area contributed by atoms with Crippen LogP contribution in [0, 0.1) is 117 Å². The highest BCUT2D eigenvalue weighted by Gasteiger charge is 2.21.